The molecule has 1 unspecified atom stereocenters. The van der Waals surface area contributed by atoms with Crippen molar-refractivity contribution in [1.82, 2.24) is 19.9 Å². The Kier molecular flexibility index (Phi) is 4.98. The van der Waals surface area contributed by atoms with Crippen LogP contribution in [0.4, 0.5) is 5.95 Å². The van der Waals surface area contributed by atoms with Crippen LogP contribution in [0.2, 0.25) is 0 Å². The average Bonchev–Trinajstić information content (AvgIpc) is 2.71. The molecule has 1 aliphatic heterocycles. The van der Waals surface area contributed by atoms with E-state index in [1.54, 1.807) is 30.1 Å². The highest BCUT2D eigenvalue weighted by Gasteiger charge is 2.23. The number of piperazine rings is 1. The lowest BCUT2D eigenvalue weighted by atomic mass is 10.0. The largest absolute Gasteiger partial charge is 0.339 e. The third kappa shape index (κ3) is 3.90. The lowest BCUT2D eigenvalue weighted by Crippen LogP contribution is -2.53. The Hall–Kier alpha value is -2.99. The Morgan fingerprint density at radius 1 is 1.15 bits per heavy atom. The Morgan fingerprint density at radius 2 is 1.93 bits per heavy atom. The first kappa shape index (κ1) is 17.4. The number of pyridine rings is 1. The normalized spacial score (nSPS) is 17.1. The lowest BCUT2D eigenvalue weighted by molar-refractivity contribution is 0.446. The molecule has 2 aromatic heterocycles. The molecule has 138 valence electrons. The molecule has 1 fully saturated rings. The van der Waals surface area contributed by atoms with Crippen molar-refractivity contribution in [2.75, 3.05) is 24.5 Å². The van der Waals surface area contributed by atoms with Gasteiger partial charge in [0.2, 0.25) is 5.95 Å². The maximum Gasteiger partial charge on any atom is 0.255 e. The van der Waals surface area contributed by atoms with Crippen molar-refractivity contribution in [3.63, 3.8) is 0 Å². The van der Waals surface area contributed by atoms with Gasteiger partial charge in [0, 0.05) is 56.7 Å². The van der Waals surface area contributed by atoms with Gasteiger partial charge in [0.1, 0.15) is 0 Å². The van der Waals surface area contributed by atoms with Gasteiger partial charge in [-0.15, -0.1) is 0 Å². The Morgan fingerprint density at radius 3 is 2.70 bits per heavy atom. The molecule has 1 aromatic carbocycles. The number of aromatic nitrogens is 3. The molecule has 0 saturated carbocycles. The monoisotopic (exact) mass is 361 g/mol. The molecular formula is C21H23N5O. The summed E-state index contributed by atoms with van der Waals surface area (Å²) in [4.78, 5) is 23.6. The number of benzene rings is 1. The van der Waals surface area contributed by atoms with Gasteiger partial charge in [0.05, 0.1) is 5.69 Å². The summed E-state index contributed by atoms with van der Waals surface area (Å²) in [6.45, 7) is 2.51. The summed E-state index contributed by atoms with van der Waals surface area (Å²) < 4.78 is 1.63. The van der Waals surface area contributed by atoms with Gasteiger partial charge in [0.25, 0.3) is 5.56 Å². The molecule has 0 aliphatic carbocycles. The van der Waals surface area contributed by atoms with Gasteiger partial charge in [-0.25, -0.2) is 4.98 Å². The molecule has 0 spiro atoms. The molecule has 1 aliphatic rings. The van der Waals surface area contributed by atoms with Crippen LogP contribution >= 0.6 is 0 Å². The fourth-order valence-corrected chi connectivity index (χ4v) is 3.52. The number of rotatable bonds is 4. The molecule has 3 aromatic rings. The molecule has 0 amide bonds. The van der Waals surface area contributed by atoms with Crippen molar-refractivity contribution in [3.05, 3.63) is 76.8 Å². The molecule has 4 rings (SSSR count). The van der Waals surface area contributed by atoms with Crippen LogP contribution in [0, 0.1) is 0 Å². The second-order valence-electron chi connectivity index (χ2n) is 6.86. The van der Waals surface area contributed by atoms with Crippen LogP contribution in [0.3, 0.4) is 0 Å². The van der Waals surface area contributed by atoms with Crippen molar-refractivity contribution in [2.24, 2.45) is 7.05 Å². The topological polar surface area (TPSA) is 63.1 Å². The van der Waals surface area contributed by atoms with Crippen molar-refractivity contribution in [1.29, 1.82) is 0 Å². The molecule has 0 radical (unpaired) electrons. The zero-order chi connectivity index (χ0) is 18.6. The zero-order valence-electron chi connectivity index (χ0n) is 15.4. The van der Waals surface area contributed by atoms with Crippen molar-refractivity contribution < 1.29 is 0 Å². The number of anilines is 1. The second kappa shape index (κ2) is 7.72. The van der Waals surface area contributed by atoms with Gasteiger partial charge >= 0.3 is 0 Å². The van der Waals surface area contributed by atoms with Crippen molar-refractivity contribution in [2.45, 2.75) is 12.5 Å². The predicted octanol–water partition coefficient (Wildman–Crippen LogP) is 1.86. The molecule has 3 heterocycles. The van der Waals surface area contributed by atoms with Crippen LogP contribution in [0.25, 0.3) is 11.3 Å². The van der Waals surface area contributed by atoms with Crippen LogP contribution in [0.5, 0.6) is 0 Å². The molecule has 1 atom stereocenters. The molecular weight excluding hydrogens is 338 g/mol. The summed E-state index contributed by atoms with van der Waals surface area (Å²) in [6.07, 6.45) is 4.39. The van der Waals surface area contributed by atoms with Crippen LogP contribution in [-0.2, 0) is 13.5 Å². The van der Waals surface area contributed by atoms with Crippen molar-refractivity contribution in [3.8, 4) is 11.3 Å². The first-order valence-corrected chi connectivity index (χ1v) is 9.21. The summed E-state index contributed by atoms with van der Waals surface area (Å²) >= 11 is 0. The van der Waals surface area contributed by atoms with Crippen LogP contribution in [0.15, 0.2) is 65.7 Å². The maximum absolute atomic E-state index is 12.5. The Balaban J connectivity index is 1.60. The molecule has 1 saturated heterocycles. The Labute approximate surface area is 158 Å². The third-order valence-corrected chi connectivity index (χ3v) is 4.95. The van der Waals surface area contributed by atoms with Gasteiger partial charge in [0.15, 0.2) is 0 Å². The minimum Gasteiger partial charge on any atom is -0.339 e. The van der Waals surface area contributed by atoms with Crippen LogP contribution < -0.4 is 15.8 Å². The predicted molar refractivity (Wildman–Crippen MR) is 107 cm³/mol. The summed E-state index contributed by atoms with van der Waals surface area (Å²) in [5.41, 5.74) is 2.85. The summed E-state index contributed by atoms with van der Waals surface area (Å²) in [7, 11) is 1.79. The number of hydrogen-bond donors (Lipinski definition) is 1. The van der Waals surface area contributed by atoms with E-state index in [9.17, 15) is 4.79 Å². The average molecular weight is 361 g/mol. The maximum atomic E-state index is 12.5. The summed E-state index contributed by atoms with van der Waals surface area (Å²) in [5, 5.41) is 3.58. The highest BCUT2D eigenvalue weighted by molar-refractivity contribution is 5.59. The van der Waals surface area contributed by atoms with E-state index in [0.29, 0.717) is 17.7 Å². The smallest absolute Gasteiger partial charge is 0.255 e. The van der Waals surface area contributed by atoms with Gasteiger partial charge in [-0.05, 0) is 24.1 Å². The third-order valence-electron chi connectivity index (χ3n) is 4.95. The van der Waals surface area contributed by atoms with E-state index in [4.69, 9.17) is 4.98 Å². The van der Waals surface area contributed by atoms with E-state index < -0.39 is 0 Å². The van der Waals surface area contributed by atoms with E-state index in [1.165, 1.54) is 5.56 Å². The van der Waals surface area contributed by atoms with Crippen LogP contribution in [-0.4, -0.2) is 40.2 Å². The molecule has 27 heavy (non-hydrogen) atoms. The van der Waals surface area contributed by atoms with Gasteiger partial charge in [-0.1, -0.05) is 30.3 Å². The zero-order valence-corrected chi connectivity index (χ0v) is 15.4. The van der Waals surface area contributed by atoms with Gasteiger partial charge in [-0.2, -0.15) is 0 Å². The SMILES string of the molecule is Cn1c(N2CCNC(Cc3ccccc3)C2)nc(-c2ccncc2)cc1=O. The molecule has 0 bridgehead atoms. The minimum absolute atomic E-state index is 0.0510. The van der Waals surface area contributed by atoms with Gasteiger partial charge in [-0.3, -0.25) is 14.3 Å². The minimum atomic E-state index is -0.0510. The van der Waals surface area contributed by atoms with E-state index in [1.807, 2.05) is 18.2 Å². The van der Waals surface area contributed by atoms with E-state index >= 15 is 0 Å². The first-order valence-electron chi connectivity index (χ1n) is 9.21. The fraction of sp³-hybridized carbons (Fsp3) is 0.286. The fourth-order valence-electron chi connectivity index (χ4n) is 3.52. The Bertz CT molecular complexity index is 955. The standard InChI is InChI=1S/C21H23N5O/c1-25-20(27)14-19(17-7-9-22-10-8-17)24-21(25)26-12-11-23-18(15-26)13-16-5-3-2-4-6-16/h2-10,14,18,23H,11-13,15H2,1H3. The van der Waals surface area contributed by atoms with E-state index in [2.05, 4.69) is 39.5 Å². The number of nitrogens with one attached hydrogen (secondary N) is 1. The molecule has 6 heteroatoms. The molecule has 6 nitrogen and oxygen atoms in total. The first-order chi connectivity index (χ1) is 13.2. The lowest BCUT2D eigenvalue weighted by Gasteiger charge is -2.35. The van der Waals surface area contributed by atoms with Crippen molar-refractivity contribution >= 4 is 5.95 Å². The van der Waals surface area contributed by atoms with Crippen LogP contribution in [0.1, 0.15) is 5.56 Å². The number of nitrogens with zero attached hydrogens (tertiary/aromatic N) is 4. The number of hydrogen-bond acceptors (Lipinski definition) is 5. The van der Waals surface area contributed by atoms with Gasteiger partial charge < -0.3 is 10.2 Å². The highest BCUT2D eigenvalue weighted by Crippen LogP contribution is 2.19. The molecule has 1 N–H and O–H groups in total. The second-order valence-corrected chi connectivity index (χ2v) is 6.86. The quantitative estimate of drug-likeness (QED) is 0.769. The summed E-state index contributed by atoms with van der Waals surface area (Å²) in [6, 6.07) is 16.1. The highest BCUT2D eigenvalue weighted by atomic mass is 16.1. The summed E-state index contributed by atoms with van der Waals surface area (Å²) in [5.74, 6) is 0.717. The van der Waals surface area contributed by atoms with E-state index in [-0.39, 0.29) is 5.56 Å². The van der Waals surface area contributed by atoms with E-state index in [0.717, 1.165) is 31.6 Å².